The van der Waals surface area contributed by atoms with Gasteiger partial charge in [-0.15, -0.1) is 11.3 Å². The number of rotatable bonds is 11. The molecule has 0 aliphatic heterocycles. The number of nitrogens with zero attached hydrogens (tertiary/aromatic N) is 1. The summed E-state index contributed by atoms with van der Waals surface area (Å²) in [5.74, 6) is -0.105. The van der Waals surface area contributed by atoms with E-state index < -0.39 is 6.10 Å². The Morgan fingerprint density at radius 2 is 2.25 bits per heavy atom. The van der Waals surface area contributed by atoms with Crippen LogP contribution in [-0.4, -0.2) is 35.1 Å². The summed E-state index contributed by atoms with van der Waals surface area (Å²) in [5, 5.41) is 10.3. The van der Waals surface area contributed by atoms with Crippen LogP contribution in [0.25, 0.3) is 0 Å². The van der Waals surface area contributed by atoms with Gasteiger partial charge in [0.2, 0.25) is 0 Å². The predicted molar refractivity (Wildman–Crippen MR) is 111 cm³/mol. The number of aryl methyl sites for hydroxylation is 1. The third-order valence-corrected chi connectivity index (χ3v) is 5.80. The van der Waals surface area contributed by atoms with Crippen LogP contribution in [0.2, 0.25) is 0 Å². The van der Waals surface area contributed by atoms with Crippen LogP contribution in [-0.2, 0) is 27.2 Å². The van der Waals surface area contributed by atoms with Crippen molar-refractivity contribution >= 4 is 23.1 Å². The minimum atomic E-state index is -0.539. The van der Waals surface area contributed by atoms with E-state index in [-0.39, 0.29) is 17.7 Å². The van der Waals surface area contributed by atoms with E-state index >= 15 is 0 Å². The van der Waals surface area contributed by atoms with Gasteiger partial charge in [0.15, 0.2) is 5.78 Å². The summed E-state index contributed by atoms with van der Waals surface area (Å²) in [5.41, 5.74) is 3.53. The number of aromatic nitrogens is 1. The maximum absolute atomic E-state index is 12.1. The molecule has 2 atom stereocenters. The van der Waals surface area contributed by atoms with E-state index in [0.717, 1.165) is 37.0 Å². The first-order valence-corrected chi connectivity index (χ1v) is 10.7. The van der Waals surface area contributed by atoms with Crippen molar-refractivity contribution in [2.24, 2.45) is 5.92 Å². The Hall–Kier alpha value is -2.05. The van der Waals surface area contributed by atoms with Crippen molar-refractivity contribution in [3.63, 3.8) is 0 Å². The molecule has 0 radical (unpaired) electrons. The third-order valence-electron chi connectivity index (χ3n) is 4.79. The summed E-state index contributed by atoms with van der Waals surface area (Å²) in [7, 11) is 1.39. The van der Waals surface area contributed by atoms with Gasteiger partial charge in [0.05, 0.1) is 24.4 Å². The van der Waals surface area contributed by atoms with Crippen molar-refractivity contribution in [1.29, 1.82) is 0 Å². The number of hydrogen-bond acceptors (Lipinski definition) is 6. The Morgan fingerprint density at radius 3 is 3.00 bits per heavy atom. The second kappa shape index (κ2) is 11.7. The summed E-state index contributed by atoms with van der Waals surface area (Å²) < 4.78 is 4.61. The largest absolute Gasteiger partial charge is 0.469 e. The lowest BCUT2D eigenvalue weighted by molar-refractivity contribution is -0.140. The van der Waals surface area contributed by atoms with Crippen LogP contribution in [0.1, 0.15) is 49.6 Å². The highest BCUT2D eigenvalue weighted by molar-refractivity contribution is 7.09. The summed E-state index contributed by atoms with van der Waals surface area (Å²) >= 11 is 1.62. The first-order chi connectivity index (χ1) is 13.5. The molecule has 5 nitrogen and oxygen atoms in total. The molecule has 1 aliphatic carbocycles. The van der Waals surface area contributed by atoms with Crippen LogP contribution in [0.3, 0.4) is 0 Å². The zero-order chi connectivity index (χ0) is 20.4. The number of carbonyl (C=O) groups is 2. The number of methoxy groups -OCH3 is 1. The Balaban J connectivity index is 1.81. The SMILES string of the molecule is CCc1scnc1C[C@H](O)C/C=C1/C(=O)C=C[C@@H]1C/C=C\CCCC(=O)OC. The standard InChI is InChI=1S/C22H29NO4S/c1-3-21-19(23-15-28-21)14-17(24)11-12-18-16(10-13-20(18)25)8-6-4-5-7-9-22(26)27-2/h4,6,10,12-13,15-17,24H,3,5,7-9,11,14H2,1-2H3/b6-4-,18-12+/t16-,17+/m0/s1. The van der Waals surface area contributed by atoms with Crippen LogP contribution in [0.15, 0.2) is 41.5 Å². The Kier molecular flexibility index (Phi) is 9.31. The fourth-order valence-corrected chi connectivity index (χ4v) is 3.93. The molecule has 0 saturated carbocycles. The summed E-state index contributed by atoms with van der Waals surface area (Å²) in [6, 6.07) is 0. The zero-order valence-electron chi connectivity index (χ0n) is 16.6. The number of thiazole rings is 1. The molecule has 0 bridgehead atoms. The smallest absolute Gasteiger partial charge is 0.305 e. The maximum Gasteiger partial charge on any atom is 0.305 e. The van der Waals surface area contributed by atoms with Crippen molar-refractivity contribution < 1.29 is 19.4 Å². The predicted octanol–water partition coefficient (Wildman–Crippen LogP) is 3.97. The number of esters is 1. The van der Waals surface area contributed by atoms with Gasteiger partial charge in [-0.2, -0.15) is 0 Å². The zero-order valence-corrected chi connectivity index (χ0v) is 17.4. The molecule has 0 aromatic carbocycles. The highest BCUT2D eigenvalue weighted by Crippen LogP contribution is 2.26. The molecule has 0 fully saturated rings. The molecule has 0 saturated heterocycles. The monoisotopic (exact) mass is 403 g/mol. The van der Waals surface area contributed by atoms with Crippen LogP contribution in [0, 0.1) is 5.92 Å². The average Bonchev–Trinajstić information content (AvgIpc) is 3.28. The summed E-state index contributed by atoms with van der Waals surface area (Å²) in [6.45, 7) is 2.09. The van der Waals surface area contributed by atoms with Crippen molar-refractivity contribution in [2.45, 2.75) is 58.0 Å². The Morgan fingerprint density at radius 1 is 1.43 bits per heavy atom. The van der Waals surface area contributed by atoms with Gasteiger partial charge in [0.25, 0.3) is 0 Å². The normalized spacial score (nSPS) is 19.0. The minimum absolute atomic E-state index is 0.0270. The molecular weight excluding hydrogens is 374 g/mol. The number of ketones is 1. The number of ether oxygens (including phenoxy) is 1. The molecule has 1 N–H and O–H groups in total. The van der Waals surface area contributed by atoms with E-state index in [1.807, 2.05) is 23.7 Å². The molecule has 28 heavy (non-hydrogen) atoms. The van der Waals surface area contributed by atoms with Gasteiger partial charge in [0, 0.05) is 29.2 Å². The number of unbranched alkanes of at least 4 members (excludes halogenated alkanes) is 1. The van der Waals surface area contributed by atoms with Gasteiger partial charge in [-0.3, -0.25) is 9.59 Å². The molecule has 0 unspecified atom stereocenters. The maximum atomic E-state index is 12.1. The van der Waals surface area contributed by atoms with Gasteiger partial charge in [0.1, 0.15) is 0 Å². The van der Waals surface area contributed by atoms with E-state index in [0.29, 0.717) is 19.3 Å². The minimum Gasteiger partial charge on any atom is -0.469 e. The summed E-state index contributed by atoms with van der Waals surface area (Å²) in [4.78, 5) is 28.8. The molecule has 1 aliphatic rings. The fourth-order valence-electron chi connectivity index (χ4n) is 3.19. The molecule has 0 amide bonds. The summed E-state index contributed by atoms with van der Waals surface area (Å²) in [6.07, 6.45) is 13.6. The molecule has 0 spiro atoms. The van der Waals surface area contributed by atoms with E-state index in [4.69, 9.17) is 0 Å². The topological polar surface area (TPSA) is 76.5 Å². The highest BCUT2D eigenvalue weighted by atomic mass is 32.1. The van der Waals surface area contributed by atoms with E-state index in [2.05, 4.69) is 22.7 Å². The van der Waals surface area contributed by atoms with Gasteiger partial charge in [-0.05, 0) is 38.2 Å². The van der Waals surface area contributed by atoms with E-state index in [1.165, 1.54) is 12.0 Å². The lowest BCUT2D eigenvalue weighted by Gasteiger charge is -2.11. The average molecular weight is 404 g/mol. The van der Waals surface area contributed by atoms with Crippen molar-refractivity contribution in [2.75, 3.05) is 7.11 Å². The van der Waals surface area contributed by atoms with Gasteiger partial charge < -0.3 is 9.84 Å². The van der Waals surface area contributed by atoms with Crippen LogP contribution < -0.4 is 0 Å². The Labute approximate surface area is 170 Å². The lowest BCUT2D eigenvalue weighted by atomic mass is 9.95. The van der Waals surface area contributed by atoms with Crippen molar-refractivity contribution in [3.8, 4) is 0 Å². The van der Waals surface area contributed by atoms with Crippen molar-refractivity contribution in [1.82, 2.24) is 4.98 Å². The van der Waals surface area contributed by atoms with Crippen molar-refractivity contribution in [3.05, 3.63) is 52.0 Å². The van der Waals surface area contributed by atoms with Gasteiger partial charge >= 0.3 is 5.97 Å². The van der Waals surface area contributed by atoms with E-state index in [9.17, 15) is 14.7 Å². The lowest BCUT2D eigenvalue weighted by Crippen LogP contribution is -2.12. The highest BCUT2D eigenvalue weighted by Gasteiger charge is 2.22. The molecular formula is C22H29NO4S. The number of allylic oxidation sites excluding steroid dienone is 5. The fraction of sp³-hybridized carbons (Fsp3) is 0.500. The van der Waals surface area contributed by atoms with Crippen LogP contribution in [0.4, 0.5) is 0 Å². The molecule has 1 heterocycles. The quantitative estimate of drug-likeness (QED) is 0.262. The number of aliphatic hydroxyl groups excluding tert-OH is 1. The first kappa shape index (κ1) is 22.2. The number of hydrogen-bond donors (Lipinski definition) is 1. The van der Waals surface area contributed by atoms with Gasteiger partial charge in [-0.25, -0.2) is 4.98 Å². The molecule has 1 aromatic heterocycles. The number of carbonyl (C=O) groups excluding carboxylic acids is 2. The van der Waals surface area contributed by atoms with Crippen LogP contribution in [0.5, 0.6) is 0 Å². The molecule has 6 heteroatoms. The molecule has 152 valence electrons. The second-order valence-corrected chi connectivity index (χ2v) is 7.77. The van der Waals surface area contributed by atoms with Gasteiger partial charge in [-0.1, -0.05) is 31.2 Å². The third kappa shape index (κ3) is 6.84. The second-order valence-electron chi connectivity index (χ2n) is 6.83. The molecule has 1 aromatic rings. The Bertz CT molecular complexity index is 747. The van der Waals surface area contributed by atoms with Crippen LogP contribution >= 0.6 is 11.3 Å². The first-order valence-electron chi connectivity index (χ1n) is 9.78. The number of aliphatic hydroxyl groups is 1. The van der Waals surface area contributed by atoms with E-state index in [1.54, 1.807) is 17.4 Å². The molecule has 2 rings (SSSR count).